The van der Waals surface area contributed by atoms with Gasteiger partial charge in [-0.15, -0.1) is 0 Å². The number of nitrogens with one attached hydrogen (secondary N) is 2. The predicted octanol–water partition coefficient (Wildman–Crippen LogP) is 3.69. The molecule has 0 radical (unpaired) electrons. The summed E-state index contributed by atoms with van der Waals surface area (Å²) in [4.78, 5) is 11.0. The molecule has 0 fully saturated rings. The number of carbonyl (C=O) groups excluding carboxylic acids is 1. The Bertz CT molecular complexity index is 619. The lowest BCUT2D eigenvalue weighted by atomic mass is 10.2. The summed E-state index contributed by atoms with van der Waals surface area (Å²) >= 11 is 0. The van der Waals surface area contributed by atoms with Crippen LogP contribution < -0.4 is 10.6 Å². The van der Waals surface area contributed by atoms with Crippen molar-refractivity contribution in [1.82, 2.24) is 0 Å². The standard InChI is InChI=1S/C13H9F5N2O/c14-12(15)10(21)5-7-6-11(13(16,17)18)20-9-4-2-1-3-8(9)19-7/h1-6,12,19-20H. The molecule has 2 N–H and O–H groups in total. The maximum atomic E-state index is 12.9. The van der Waals surface area contributed by atoms with Crippen molar-refractivity contribution in [3.8, 4) is 0 Å². The first-order chi connectivity index (χ1) is 9.77. The quantitative estimate of drug-likeness (QED) is 0.647. The van der Waals surface area contributed by atoms with E-state index < -0.39 is 24.1 Å². The molecule has 8 heteroatoms. The number of carbonyl (C=O) groups is 1. The van der Waals surface area contributed by atoms with Crippen LogP contribution in [0.5, 0.6) is 0 Å². The summed E-state index contributed by atoms with van der Waals surface area (Å²) in [6.07, 6.45) is -6.99. The number of anilines is 2. The molecule has 21 heavy (non-hydrogen) atoms. The van der Waals surface area contributed by atoms with Crippen LogP contribution in [0.15, 0.2) is 47.8 Å². The number of hydrogen-bond donors (Lipinski definition) is 2. The summed E-state index contributed by atoms with van der Waals surface area (Å²) in [6, 6.07) is 5.91. The Balaban J connectivity index is 2.48. The van der Waals surface area contributed by atoms with Gasteiger partial charge < -0.3 is 10.6 Å². The molecule has 2 rings (SSSR count). The van der Waals surface area contributed by atoms with Crippen molar-refractivity contribution in [1.29, 1.82) is 0 Å². The lowest BCUT2D eigenvalue weighted by Crippen LogP contribution is -2.18. The molecule has 1 heterocycles. The molecule has 1 aliphatic rings. The molecule has 1 aromatic rings. The van der Waals surface area contributed by atoms with E-state index in [1.807, 2.05) is 0 Å². The second kappa shape index (κ2) is 5.55. The molecular weight excluding hydrogens is 295 g/mol. The fraction of sp³-hybridized carbons (Fsp3) is 0.154. The van der Waals surface area contributed by atoms with Gasteiger partial charge in [0, 0.05) is 11.8 Å². The van der Waals surface area contributed by atoms with Crippen molar-refractivity contribution < 1.29 is 26.7 Å². The third kappa shape index (κ3) is 3.59. The van der Waals surface area contributed by atoms with Crippen LogP contribution in [0.25, 0.3) is 0 Å². The minimum absolute atomic E-state index is 0.119. The molecule has 0 amide bonds. The van der Waals surface area contributed by atoms with E-state index in [1.54, 1.807) is 6.07 Å². The zero-order valence-corrected chi connectivity index (χ0v) is 10.3. The molecule has 0 spiro atoms. The Morgan fingerprint density at radius 3 is 2.19 bits per heavy atom. The Labute approximate surface area is 116 Å². The lowest BCUT2D eigenvalue weighted by molar-refractivity contribution is -0.124. The molecule has 0 atom stereocenters. The van der Waals surface area contributed by atoms with Crippen molar-refractivity contribution in [3.63, 3.8) is 0 Å². The van der Waals surface area contributed by atoms with Crippen LogP contribution in [-0.2, 0) is 4.79 Å². The summed E-state index contributed by atoms with van der Waals surface area (Å²) in [6.45, 7) is 0. The number of hydrogen-bond acceptors (Lipinski definition) is 3. The van der Waals surface area contributed by atoms with Crippen LogP contribution in [-0.4, -0.2) is 18.4 Å². The summed E-state index contributed by atoms with van der Waals surface area (Å²) in [5, 5.41) is 4.68. The van der Waals surface area contributed by atoms with E-state index in [-0.39, 0.29) is 17.1 Å². The van der Waals surface area contributed by atoms with Gasteiger partial charge in [0.15, 0.2) is 0 Å². The monoisotopic (exact) mass is 304 g/mol. The van der Waals surface area contributed by atoms with E-state index in [4.69, 9.17) is 0 Å². The Hall–Kier alpha value is -2.38. The van der Waals surface area contributed by atoms with Crippen LogP contribution in [0.2, 0.25) is 0 Å². The van der Waals surface area contributed by atoms with Gasteiger partial charge in [0.25, 0.3) is 6.43 Å². The van der Waals surface area contributed by atoms with Gasteiger partial charge in [-0.1, -0.05) is 12.1 Å². The number of fused-ring (bicyclic) bond motifs is 1. The van der Waals surface area contributed by atoms with Gasteiger partial charge in [-0.2, -0.15) is 13.2 Å². The van der Waals surface area contributed by atoms with E-state index >= 15 is 0 Å². The van der Waals surface area contributed by atoms with Crippen molar-refractivity contribution in [3.05, 3.63) is 47.8 Å². The number of ketones is 1. The fourth-order valence-corrected chi connectivity index (χ4v) is 1.68. The summed E-state index contributed by atoms with van der Waals surface area (Å²) in [5.74, 6) is -1.57. The number of rotatable bonds is 2. The highest BCUT2D eigenvalue weighted by Gasteiger charge is 2.35. The normalized spacial score (nSPS) is 16.7. The van der Waals surface area contributed by atoms with Crippen molar-refractivity contribution >= 4 is 17.2 Å². The Morgan fingerprint density at radius 1 is 1.10 bits per heavy atom. The van der Waals surface area contributed by atoms with E-state index in [9.17, 15) is 26.7 Å². The molecule has 1 aromatic carbocycles. The molecule has 0 unspecified atom stereocenters. The van der Waals surface area contributed by atoms with Crippen LogP contribution in [0.3, 0.4) is 0 Å². The Morgan fingerprint density at radius 2 is 1.67 bits per heavy atom. The van der Waals surface area contributed by atoms with E-state index in [0.29, 0.717) is 12.2 Å². The second-order valence-electron chi connectivity index (χ2n) is 4.15. The molecular formula is C13H9F5N2O. The van der Waals surface area contributed by atoms with E-state index in [2.05, 4.69) is 10.6 Å². The molecule has 0 aliphatic carbocycles. The lowest BCUT2D eigenvalue weighted by Gasteiger charge is -2.13. The first-order valence-electron chi connectivity index (χ1n) is 5.73. The molecule has 1 aliphatic heterocycles. The zero-order chi connectivity index (χ0) is 15.6. The highest BCUT2D eigenvalue weighted by Crippen LogP contribution is 2.34. The van der Waals surface area contributed by atoms with Crippen molar-refractivity contribution in [2.24, 2.45) is 0 Å². The van der Waals surface area contributed by atoms with Crippen LogP contribution >= 0.6 is 0 Å². The first kappa shape index (κ1) is 15.0. The van der Waals surface area contributed by atoms with E-state index in [1.165, 1.54) is 18.2 Å². The molecule has 3 nitrogen and oxygen atoms in total. The third-order valence-electron chi connectivity index (χ3n) is 2.59. The molecule has 0 aromatic heterocycles. The average Bonchev–Trinajstić information content (AvgIpc) is 2.56. The summed E-state index contributed by atoms with van der Waals surface area (Å²) in [7, 11) is 0. The second-order valence-corrected chi connectivity index (χ2v) is 4.15. The number of allylic oxidation sites excluding steroid dienone is 3. The third-order valence-corrected chi connectivity index (χ3v) is 2.59. The topological polar surface area (TPSA) is 41.1 Å². The molecule has 112 valence electrons. The van der Waals surface area contributed by atoms with Gasteiger partial charge in [0.05, 0.1) is 11.4 Å². The fourth-order valence-electron chi connectivity index (χ4n) is 1.68. The van der Waals surface area contributed by atoms with Gasteiger partial charge in [-0.25, -0.2) is 8.78 Å². The number of para-hydroxylation sites is 2. The highest BCUT2D eigenvalue weighted by molar-refractivity contribution is 5.94. The van der Waals surface area contributed by atoms with Gasteiger partial charge in [-0.05, 0) is 18.2 Å². The SMILES string of the molecule is O=C(C=C1C=C(C(F)(F)F)Nc2ccccc2N1)C(F)F. The van der Waals surface area contributed by atoms with E-state index in [0.717, 1.165) is 0 Å². The Kier molecular flexibility index (Phi) is 3.97. The minimum Gasteiger partial charge on any atom is -0.354 e. The molecule has 0 bridgehead atoms. The number of benzene rings is 1. The van der Waals surface area contributed by atoms with Crippen LogP contribution in [0.1, 0.15) is 0 Å². The van der Waals surface area contributed by atoms with Crippen molar-refractivity contribution in [2.75, 3.05) is 10.6 Å². The zero-order valence-electron chi connectivity index (χ0n) is 10.3. The smallest absolute Gasteiger partial charge is 0.354 e. The van der Waals surface area contributed by atoms with Crippen LogP contribution in [0.4, 0.5) is 33.3 Å². The molecule has 0 saturated carbocycles. The van der Waals surface area contributed by atoms with Gasteiger partial charge in [0.2, 0.25) is 5.78 Å². The van der Waals surface area contributed by atoms with Gasteiger partial charge in [-0.3, -0.25) is 4.79 Å². The summed E-state index contributed by atoms with van der Waals surface area (Å²) in [5.41, 5.74) is -1.17. The average molecular weight is 304 g/mol. The first-order valence-corrected chi connectivity index (χ1v) is 5.73. The van der Waals surface area contributed by atoms with Crippen LogP contribution in [0, 0.1) is 0 Å². The number of halogens is 5. The largest absolute Gasteiger partial charge is 0.431 e. The highest BCUT2D eigenvalue weighted by atomic mass is 19.4. The van der Waals surface area contributed by atoms with Gasteiger partial charge >= 0.3 is 6.18 Å². The van der Waals surface area contributed by atoms with Gasteiger partial charge in [0.1, 0.15) is 5.70 Å². The minimum atomic E-state index is -4.72. The number of alkyl halides is 5. The predicted molar refractivity (Wildman–Crippen MR) is 66.9 cm³/mol. The maximum absolute atomic E-state index is 12.9. The maximum Gasteiger partial charge on any atom is 0.431 e. The molecule has 0 saturated heterocycles. The summed E-state index contributed by atoms with van der Waals surface area (Å²) < 4.78 is 63.1. The van der Waals surface area contributed by atoms with Crippen molar-refractivity contribution in [2.45, 2.75) is 12.6 Å².